The van der Waals surface area contributed by atoms with E-state index in [-0.39, 0.29) is 18.5 Å². The molecule has 5 nitrogen and oxygen atoms in total. The molecule has 0 radical (unpaired) electrons. The van der Waals surface area contributed by atoms with Crippen LogP contribution in [0.4, 0.5) is 0 Å². The number of hydrogen-bond acceptors (Lipinski definition) is 4. The van der Waals surface area contributed by atoms with Crippen LogP contribution in [0.2, 0.25) is 5.02 Å². The van der Waals surface area contributed by atoms with Crippen LogP contribution in [0.25, 0.3) is 11.5 Å². The highest BCUT2D eigenvalue weighted by Gasteiger charge is 2.69. The van der Waals surface area contributed by atoms with Crippen molar-refractivity contribution in [2.45, 2.75) is 43.1 Å². The van der Waals surface area contributed by atoms with Gasteiger partial charge in [0, 0.05) is 6.04 Å². The van der Waals surface area contributed by atoms with Gasteiger partial charge in [-0.2, -0.15) is 0 Å². The van der Waals surface area contributed by atoms with Crippen molar-refractivity contribution in [1.29, 1.82) is 0 Å². The maximum Gasteiger partial charge on any atom is 0.249 e. The number of carbonyl (C=O) groups is 1. The summed E-state index contributed by atoms with van der Waals surface area (Å²) >= 11 is 18.5. The molecule has 0 spiro atoms. The summed E-state index contributed by atoms with van der Waals surface area (Å²) in [4.78, 5) is 14.7. The van der Waals surface area contributed by atoms with E-state index in [1.807, 2.05) is 18.2 Å². The summed E-state index contributed by atoms with van der Waals surface area (Å²) in [6, 6.07) is 7.43. The van der Waals surface area contributed by atoms with Gasteiger partial charge in [0.15, 0.2) is 0 Å². The third-order valence-corrected chi connectivity index (χ3v) is 6.29. The molecule has 0 bridgehead atoms. The van der Waals surface area contributed by atoms with Crippen molar-refractivity contribution in [2.75, 3.05) is 0 Å². The van der Waals surface area contributed by atoms with Gasteiger partial charge in [-0.1, -0.05) is 23.7 Å². The molecular weight excluding hydrogens is 385 g/mol. The van der Waals surface area contributed by atoms with Crippen LogP contribution in [0, 0.1) is 5.41 Å². The lowest BCUT2D eigenvalue weighted by atomic mass is 10.1. The van der Waals surface area contributed by atoms with Crippen LogP contribution in [0.3, 0.4) is 0 Å². The topological polar surface area (TPSA) is 59.2 Å². The van der Waals surface area contributed by atoms with E-state index in [0.717, 1.165) is 12.8 Å². The maximum absolute atomic E-state index is 12.9. The predicted octanol–water partition coefficient (Wildman–Crippen LogP) is 4.46. The number of nitrogens with zero attached hydrogens (tertiary/aromatic N) is 3. The second-order valence-electron chi connectivity index (χ2n) is 6.86. The molecular formula is C17H16Cl3N3O2. The Bertz CT molecular complexity index is 834. The number of alkyl halides is 2. The summed E-state index contributed by atoms with van der Waals surface area (Å²) in [7, 11) is 0. The molecule has 0 aliphatic heterocycles. The van der Waals surface area contributed by atoms with Gasteiger partial charge in [0.1, 0.15) is 4.33 Å². The van der Waals surface area contributed by atoms with Crippen LogP contribution in [0.5, 0.6) is 0 Å². The fraction of sp³-hybridized carbons (Fsp3) is 0.471. The second kappa shape index (κ2) is 5.86. The summed E-state index contributed by atoms with van der Waals surface area (Å²) < 4.78 is 4.74. The number of aromatic nitrogens is 2. The number of hydrogen-bond donors (Lipinski definition) is 0. The lowest BCUT2D eigenvalue weighted by Gasteiger charge is -2.25. The number of benzene rings is 1. The summed E-state index contributed by atoms with van der Waals surface area (Å²) in [5, 5.41) is 8.66. The van der Waals surface area contributed by atoms with E-state index in [4.69, 9.17) is 39.2 Å². The number of halogens is 3. The first kappa shape index (κ1) is 17.1. The highest BCUT2D eigenvalue weighted by atomic mass is 35.5. The van der Waals surface area contributed by atoms with Crippen molar-refractivity contribution in [3.8, 4) is 11.5 Å². The van der Waals surface area contributed by atoms with Crippen LogP contribution in [-0.4, -0.2) is 31.4 Å². The van der Waals surface area contributed by atoms with Gasteiger partial charge in [0.25, 0.3) is 0 Å². The lowest BCUT2D eigenvalue weighted by molar-refractivity contribution is -0.138. The van der Waals surface area contributed by atoms with Gasteiger partial charge in [0.2, 0.25) is 17.7 Å². The van der Waals surface area contributed by atoms with E-state index >= 15 is 0 Å². The zero-order valence-electron chi connectivity index (χ0n) is 13.5. The van der Waals surface area contributed by atoms with Gasteiger partial charge in [-0.25, -0.2) is 0 Å². The zero-order chi connectivity index (χ0) is 17.8. The minimum atomic E-state index is -0.991. The van der Waals surface area contributed by atoms with E-state index < -0.39 is 9.75 Å². The Kier molecular flexibility index (Phi) is 4.02. The van der Waals surface area contributed by atoms with Crippen molar-refractivity contribution < 1.29 is 9.21 Å². The molecule has 2 aliphatic carbocycles. The van der Waals surface area contributed by atoms with E-state index in [2.05, 4.69) is 10.2 Å². The van der Waals surface area contributed by atoms with Crippen LogP contribution in [-0.2, 0) is 11.3 Å². The van der Waals surface area contributed by atoms with Gasteiger partial charge < -0.3 is 9.32 Å². The first-order chi connectivity index (χ1) is 11.8. The standard InChI is InChI=1S/C17H16Cl3N3O2/c1-16(9-17(16,19)20)15(24)23(10-6-7-10)8-13-21-22-14(25-13)11-4-2-3-5-12(11)18/h2-5,10H,6-9H2,1H3. The lowest BCUT2D eigenvalue weighted by Crippen LogP contribution is -2.39. The normalized spacial score (nSPS) is 24.2. The van der Waals surface area contributed by atoms with Crippen LogP contribution >= 0.6 is 34.8 Å². The highest BCUT2D eigenvalue weighted by molar-refractivity contribution is 6.53. The fourth-order valence-electron chi connectivity index (χ4n) is 2.91. The van der Waals surface area contributed by atoms with Crippen LogP contribution in [0.1, 0.15) is 32.1 Å². The van der Waals surface area contributed by atoms with Gasteiger partial charge in [-0.3, -0.25) is 4.79 Å². The number of amides is 1. The maximum atomic E-state index is 12.9. The van der Waals surface area contributed by atoms with Crippen LogP contribution < -0.4 is 0 Å². The molecule has 1 aromatic heterocycles. The molecule has 4 rings (SSSR count). The molecule has 132 valence electrons. The number of carbonyl (C=O) groups excluding carboxylic acids is 1. The van der Waals surface area contributed by atoms with Crippen molar-refractivity contribution in [3.63, 3.8) is 0 Å². The Morgan fingerprint density at radius 2 is 2.00 bits per heavy atom. The molecule has 2 aliphatic rings. The average Bonchev–Trinajstić information content (AvgIpc) is 3.43. The molecule has 2 aromatic rings. The molecule has 1 amide bonds. The third kappa shape index (κ3) is 3.03. The van der Waals surface area contributed by atoms with E-state index in [0.29, 0.717) is 28.8 Å². The monoisotopic (exact) mass is 399 g/mol. The first-order valence-electron chi connectivity index (χ1n) is 8.08. The molecule has 1 aromatic carbocycles. The van der Waals surface area contributed by atoms with Crippen molar-refractivity contribution in [2.24, 2.45) is 5.41 Å². The Morgan fingerprint density at radius 1 is 1.32 bits per heavy atom. The summed E-state index contributed by atoms with van der Waals surface area (Å²) in [6.45, 7) is 2.05. The summed E-state index contributed by atoms with van der Waals surface area (Å²) in [5.41, 5.74) is -0.0773. The average molecular weight is 401 g/mol. The molecule has 25 heavy (non-hydrogen) atoms. The minimum absolute atomic E-state index is 0.0579. The first-order valence-corrected chi connectivity index (χ1v) is 9.21. The van der Waals surface area contributed by atoms with Crippen molar-refractivity contribution >= 4 is 40.7 Å². The molecule has 0 N–H and O–H groups in total. The third-order valence-electron chi connectivity index (χ3n) is 4.86. The Labute approximate surface area is 160 Å². The molecule has 1 atom stereocenters. The summed E-state index contributed by atoms with van der Waals surface area (Å²) in [5.74, 6) is 0.650. The quantitative estimate of drug-likeness (QED) is 0.695. The summed E-state index contributed by atoms with van der Waals surface area (Å²) in [6.07, 6.45) is 2.38. The zero-order valence-corrected chi connectivity index (χ0v) is 15.8. The van der Waals surface area contributed by atoms with Crippen LogP contribution in [0.15, 0.2) is 28.7 Å². The van der Waals surface area contributed by atoms with Crippen molar-refractivity contribution in [1.82, 2.24) is 15.1 Å². The predicted molar refractivity (Wildman–Crippen MR) is 95.5 cm³/mol. The molecule has 2 saturated carbocycles. The molecule has 2 fully saturated rings. The molecule has 8 heteroatoms. The Balaban J connectivity index is 1.55. The highest BCUT2D eigenvalue weighted by Crippen LogP contribution is 2.65. The Hall–Kier alpha value is -1.30. The van der Waals surface area contributed by atoms with Gasteiger partial charge in [-0.15, -0.1) is 33.4 Å². The Morgan fingerprint density at radius 3 is 2.60 bits per heavy atom. The van der Waals surface area contributed by atoms with E-state index in [1.165, 1.54) is 0 Å². The van der Waals surface area contributed by atoms with E-state index in [9.17, 15) is 4.79 Å². The van der Waals surface area contributed by atoms with Gasteiger partial charge >= 0.3 is 0 Å². The molecule has 0 saturated heterocycles. The van der Waals surface area contributed by atoms with Gasteiger partial charge in [0.05, 0.1) is 22.5 Å². The second-order valence-corrected chi connectivity index (χ2v) is 8.75. The minimum Gasteiger partial charge on any atom is -0.419 e. The van der Waals surface area contributed by atoms with Crippen molar-refractivity contribution in [3.05, 3.63) is 35.2 Å². The SMILES string of the molecule is CC1(C(=O)N(Cc2nnc(-c3ccccc3Cl)o2)C2CC2)CC1(Cl)Cl. The van der Waals surface area contributed by atoms with E-state index in [1.54, 1.807) is 17.9 Å². The largest absolute Gasteiger partial charge is 0.419 e. The van der Waals surface area contributed by atoms with Gasteiger partial charge in [-0.05, 0) is 38.3 Å². The number of rotatable bonds is 5. The smallest absolute Gasteiger partial charge is 0.249 e. The molecule has 1 heterocycles. The fourth-order valence-corrected chi connectivity index (χ4v) is 3.82. The molecule has 1 unspecified atom stereocenters.